The Balaban J connectivity index is 3.34. The molecule has 0 saturated carbocycles. The molecule has 0 aliphatic carbocycles. The predicted octanol–water partition coefficient (Wildman–Crippen LogP) is 3.50. The van der Waals surface area contributed by atoms with Gasteiger partial charge in [-0.05, 0) is 73.8 Å². The SMILES string of the molecule is COC(OC)c1c(I)cc(I)c(O)c1I. The molecule has 3 nitrogen and oxygen atoms in total. The summed E-state index contributed by atoms with van der Waals surface area (Å²) in [7, 11) is 3.16. The van der Waals surface area contributed by atoms with Crippen molar-refractivity contribution in [1.29, 1.82) is 0 Å². The third-order valence-electron chi connectivity index (χ3n) is 1.85. The molecule has 0 amide bonds. The van der Waals surface area contributed by atoms with E-state index in [1.54, 1.807) is 14.2 Å². The van der Waals surface area contributed by atoms with Gasteiger partial charge in [0.2, 0.25) is 0 Å². The average Bonchev–Trinajstić information content (AvgIpc) is 2.21. The van der Waals surface area contributed by atoms with Crippen LogP contribution < -0.4 is 0 Å². The van der Waals surface area contributed by atoms with Gasteiger partial charge in [0, 0.05) is 23.4 Å². The van der Waals surface area contributed by atoms with Gasteiger partial charge in [-0.2, -0.15) is 0 Å². The summed E-state index contributed by atoms with van der Waals surface area (Å²) < 4.78 is 13.0. The molecule has 6 heteroatoms. The van der Waals surface area contributed by atoms with Gasteiger partial charge in [-0.1, -0.05) is 0 Å². The molecule has 0 heterocycles. The third kappa shape index (κ3) is 3.07. The normalized spacial score (nSPS) is 11.1. The van der Waals surface area contributed by atoms with Crippen LogP contribution in [0, 0.1) is 10.7 Å². The van der Waals surface area contributed by atoms with Crippen molar-refractivity contribution in [3.63, 3.8) is 0 Å². The minimum absolute atomic E-state index is 0.283. The standard InChI is InChI=1S/C9H9I3O3/c1-14-9(15-2)6-4(10)3-5(11)8(13)7(6)12/h3,9,13H,1-2H3. The quantitative estimate of drug-likeness (QED) is 0.467. The molecular weight excluding hydrogens is 537 g/mol. The van der Waals surface area contributed by atoms with Gasteiger partial charge in [0.05, 0.1) is 7.14 Å². The first-order valence-electron chi connectivity index (χ1n) is 3.94. The number of ether oxygens (including phenoxy) is 2. The molecule has 1 rings (SSSR count). The van der Waals surface area contributed by atoms with E-state index in [4.69, 9.17) is 9.47 Å². The van der Waals surface area contributed by atoms with Crippen LogP contribution in [0.1, 0.15) is 11.9 Å². The van der Waals surface area contributed by atoms with Crippen LogP contribution in [-0.4, -0.2) is 19.3 Å². The van der Waals surface area contributed by atoms with Gasteiger partial charge >= 0.3 is 0 Å². The van der Waals surface area contributed by atoms with Crippen molar-refractivity contribution in [3.8, 4) is 5.75 Å². The molecule has 1 aromatic carbocycles. The Kier molecular flexibility index (Phi) is 5.84. The second kappa shape index (κ2) is 6.17. The number of hydrogen-bond donors (Lipinski definition) is 1. The lowest BCUT2D eigenvalue weighted by atomic mass is 10.2. The van der Waals surface area contributed by atoms with Crippen molar-refractivity contribution in [1.82, 2.24) is 0 Å². The highest BCUT2D eigenvalue weighted by Gasteiger charge is 2.20. The number of aromatic hydroxyl groups is 1. The zero-order chi connectivity index (χ0) is 11.6. The number of benzene rings is 1. The van der Waals surface area contributed by atoms with Crippen LogP contribution in [0.25, 0.3) is 0 Å². The first-order valence-corrected chi connectivity index (χ1v) is 7.18. The lowest BCUT2D eigenvalue weighted by molar-refractivity contribution is -0.107. The zero-order valence-corrected chi connectivity index (χ0v) is 14.5. The van der Waals surface area contributed by atoms with Gasteiger partial charge in [0.1, 0.15) is 5.75 Å². The van der Waals surface area contributed by atoms with Gasteiger partial charge in [-0.3, -0.25) is 0 Å². The number of hydrogen-bond acceptors (Lipinski definition) is 3. The minimum Gasteiger partial charge on any atom is -0.506 e. The number of phenols is 1. The topological polar surface area (TPSA) is 38.7 Å². The lowest BCUT2D eigenvalue weighted by Gasteiger charge is -2.18. The highest BCUT2D eigenvalue weighted by atomic mass is 127. The molecule has 1 N–H and O–H groups in total. The average molecular weight is 546 g/mol. The second-order valence-corrected chi connectivity index (χ2v) is 6.12. The molecule has 0 aliphatic rings. The number of rotatable bonds is 3. The van der Waals surface area contributed by atoms with Gasteiger partial charge < -0.3 is 14.6 Å². The summed E-state index contributed by atoms with van der Waals surface area (Å²) in [6.07, 6.45) is -0.438. The van der Waals surface area contributed by atoms with Crippen LogP contribution in [0.5, 0.6) is 5.75 Å². The van der Waals surface area contributed by atoms with E-state index < -0.39 is 6.29 Å². The maximum absolute atomic E-state index is 9.82. The smallest absolute Gasteiger partial charge is 0.185 e. The van der Waals surface area contributed by atoms with Crippen LogP contribution in [-0.2, 0) is 9.47 Å². The van der Waals surface area contributed by atoms with E-state index in [1.165, 1.54) is 0 Å². The second-order valence-electron chi connectivity index (χ2n) is 2.72. The zero-order valence-electron chi connectivity index (χ0n) is 8.05. The summed E-state index contributed by atoms with van der Waals surface area (Å²) in [5.74, 6) is 0.283. The molecule has 0 unspecified atom stereocenters. The Labute approximate surface area is 129 Å². The maximum Gasteiger partial charge on any atom is 0.185 e. The molecule has 1 aromatic rings. The Bertz CT molecular complexity index is 364. The van der Waals surface area contributed by atoms with Crippen LogP contribution in [0.4, 0.5) is 0 Å². The van der Waals surface area contributed by atoms with E-state index in [1.807, 2.05) is 6.07 Å². The Morgan fingerprint density at radius 3 is 2.13 bits per heavy atom. The first kappa shape index (κ1) is 14.2. The fourth-order valence-corrected chi connectivity index (χ4v) is 5.02. The first-order chi connectivity index (χ1) is 7.02. The summed E-state index contributed by atoms with van der Waals surface area (Å²) in [5, 5.41) is 9.82. The summed E-state index contributed by atoms with van der Waals surface area (Å²) >= 11 is 6.41. The van der Waals surface area contributed by atoms with Gasteiger partial charge in [-0.15, -0.1) is 0 Å². The third-order valence-corrected chi connectivity index (χ3v) is 4.65. The fraction of sp³-hybridized carbons (Fsp3) is 0.333. The monoisotopic (exact) mass is 546 g/mol. The summed E-state index contributed by atoms with van der Waals surface area (Å²) in [6, 6.07) is 1.90. The molecule has 15 heavy (non-hydrogen) atoms. The molecule has 0 spiro atoms. The number of methoxy groups -OCH3 is 2. The van der Waals surface area contributed by atoms with Gasteiger partial charge in [0.25, 0.3) is 0 Å². The Hall–Kier alpha value is 1.13. The molecule has 0 atom stereocenters. The molecule has 0 radical (unpaired) electrons. The Morgan fingerprint density at radius 2 is 1.67 bits per heavy atom. The van der Waals surface area contributed by atoms with Crippen molar-refractivity contribution in [2.75, 3.05) is 14.2 Å². The summed E-state index contributed by atoms with van der Waals surface area (Å²) in [5.41, 5.74) is 0.874. The molecular formula is C9H9I3O3. The maximum atomic E-state index is 9.82. The van der Waals surface area contributed by atoms with E-state index in [0.717, 1.165) is 16.3 Å². The number of halogens is 3. The van der Waals surface area contributed by atoms with E-state index in [0.29, 0.717) is 0 Å². The van der Waals surface area contributed by atoms with Crippen LogP contribution in [0.15, 0.2) is 6.07 Å². The summed E-state index contributed by atoms with van der Waals surface area (Å²) in [6.45, 7) is 0. The molecule has 84 valence electrons. The largest absolute Gasteiger partial charge is 0.506 e. The number of phenolic OH excluding ortho intramolecular Hbond substituents is 1. The molecule has 0 aromatic heterocycles. The van der Waals surface area contributed by atoms with Crippen molar-refractivity contribution < 1.29 is 14.6 Å². The van der Waals surface area contributed by atoms with Crippen LogP contribution >= 0.6 is 67.8 Å². The molecule has 0 fully saturated rings. The molecule has 0 saturated heterocycles. The van der Waals surface area contributed by atoms with Gasteiger partial charge in [0.15, 0.2) is 6.29 Å². The minimum atomic E-state index is -0.438. The Morgan fingerprint density at radius 1 is 1.13 bits per heavy atom. The summed E-state index contributed by atoms with van der Waals surface area (Å²) in [4.78, 5) is 0. The molecule has 0 aliphatic heterocycles. The highest BCUT2D eigenvalue weighted by molar-refractivity contribution is 14.1. The predicted molar refractivity (Wildman–Crippen MR) is 83.0 cm³/mol. The van der Waals surface area contributed by atoms with Crippen molar-refractivity contribution >= 4 is 67.8 Å². The lowest BCUT2D eigenvalue weighted by Crippen LogP contribution is -2.08. The molecule has 0 bridgehead atoms. The van der Waals surface area contributed by atoms with E-state index in [2.05, 4.69) is 67.8 Å². The van der Waals surface area contributed by atoms with Crippen LogP contribution in [0.2, 0.25) is 0 Å². The van der Waals surface area contributed by atoms with Crippen molar-refractivity contribution in [2.24, 2.45) is 0 Å². The van der Waals surface area contributed by atoms with E-state index in [9.17, 15) is 5.11 Å². The van der Waals surface area contributed by atoms with E-state index >= 15 is 0 Å². The van der Waals surface area contributed by atoms with Crippen LogP contribution in [0.3, 0.4) is 0 Å². The van der Waals surface area contributed by atoms with Crippen molar-refractivity contribution in [2.45, 2.75) is 6.29 Å². The highest BCUT2D eigenvalue weighted by Crippen LogP contribution is 2.36. The van der Waals surface area contributed by atoms with E-state index in [-0.39, 0.29) is 5.75 Å². The van der Waals surface area contributed by atoms with Gasteiger partial charge in [-0.25, -0.2) is 0 Å². The fourth-order valence-electron chi connectivity index (χ4n) is 1.14. The van der Waals surface area contributed by atoms with Crippen molar-refractivity contribution in [3.05, 3.63) is 22.3 Å².